The van der Waals surface area contributed by atoms with Crippen molar-refractivity contribution in [3.05, 3.63) is 0 Å². The van der Waals surface area contributed by atoms with Crippen LogP contribution in [-0.2, 0) is 4.74 Å². The maximum atomic E-state index is 6.11. The first-order valence-corrected chi connectivity index (χ1v) is 9.61. The molecule has 21 heavy (non-hydrogen) atoms. The average molecular weight is 290 g/mol. The molecular formula is C20H34O. The van der Waals surface area contributed by atoms with Crippen molar-refractivity contribution in [1.82, 2.24) is 0 Å². The van der Waals surface area contributed by atoms with Gasteiger partial charge in [0.25, 0.3) is 0 Å². The van der Waals surface area contributed by atoms with E-state index in [-0.39, 0.29) is 0 Å². The van der Waals surface area contributed by atoms with Crippen LogP contribution < -0.4 is 0 Å². The van der Waals surface area contributed by atoms with Crippen molar-refractivity contribution in [3.8, 4) is 0 Å². The predicted octanol–water partition coefficient (Wildman–Crippen LogP) is 5.43. The Kier molecular flexibility index (Phi) is 3.45. The molecule has 0 aromatic carbocycles. The zero-order valence-corrected chi connectivity index (χ0v) is 14.4. The molecule has 4 fully saturated rings. The van der Waals surface area contributed by atoms with Gasteiger partial charge >= 0.3 is 0 Å². The van der Waals surface area contributed by atoms with Crippen molar-refractivity contribution >= 4 is 0 Å². The van der Waals surface area contributed by atoms with E-state index in [9.17, 15) is 0 Å². The quantitative estimate of drug-likeness (QED) is 0.625. The van der Waals surface area contributed by atoms with E-state index in [1.54, 1.807) is 0 Å². The van der Waals surface area contributed by atoms with Crippen molar-refractivity contribution in [2.75, 3.05) is 7.11 Å². The van der Waals surface area contributed by atoms with E-state index in [1.807, 2.05) is 7.11 Å². The fraction of sp³-hybridized carbons (Fsp3) is 1.00. The molecule has 120 valence electrons. The molecule has 0 radical (unpaired) electrons. The van der Waals surface area contributed by atoms with Crippen LogP contribution >= 0.6 is 0 Å². The van der Waals surface area contributed by atoms with Crippen LogP contribution in [0.3, 0.4) is 0 Å². The van der Waals surface area contributed by atoms with Gasteiger partial charge in [0.15, 0.2) is 0 Å². The first-order chi connectivity index (χ1) is 10.1. The number of methoxy groups -OCH3 is 1. The molecular weight excluding hydrogens is 256 g/mol. The molecule has 0 saturated heterocycles. The van der Waals surface area contributed by atoms with Crippen molar-refractivity contribution in [3.63, 3.8) is 0 Å². The van der Waals surface area contributed by atoms with Crippen molar-refractivity contribution in [2.45, 2.75) is 84.2 Å². The minimum Gasteiger partial charge on any atom is -0.381 e. The van der Waals surface area contributed by atoms with Gasteiger partial charge in [-0.15, -0.1) is 0 Å². The van der Waals surface area contributed by atoms with E-state index in [0.717, 1.165) is 23.7 Å². The Morgan fingerprint density at radius 2 is 1.71 bits per heavy atom. The Balaban J connectivity index is 1.70. The lowest BCUT2D eigenvalue weighted by atomic mass is 9.44. The lowest BCUT2D eigenvalue weighted by molar-refractivity contribution is -0.166. The molecule has 7 atom stereocenters. The van der Waals surface area contributed by atoms with Gasteiger partial charge in [-0.1, -0.05) is 33.1 Å². The summed E-state index contributed by atoms with van der Waals surface area (Å²) in [5, 5.41) is 0. The normalized spacial score (nSPS) is 56.4. The minimum absolute atomic E-state index is 0.564. The SMILES string of the molecule is CO[C@H]1C[C@H]2CCCC[C@]2(C)[C@H]2CC[C@]3(C)CCC[C@H]3[C@H]12. The molecule has 4 rings (SSSR count). The maximum Gasteiger partial charge on any atom is 0.0608 e. The topological polar surface area (TPSA) is 9.23 Å². The van der Waals surface area contributed by atoms with Crippen molar-refractivity contribution in [2.24, 2.45) is 34.5 Å². The highest BCUT2D eigenvalue weighted by Crippen LogP contribution is 2.66. The van der Waals surface area contributed by atoms with E-state index in [0.29, 0.717) is 16.9 Å². The van der Waals surface area contributed by atoms with Gasteiger partial charge in [0.05, 0.1) is 6.10 Å². The third kappa shape index (κ3) is 1.98. The van der Waals surface area contributed by atoms with E-state index in [4.69, 9.17) is 4.74 Å². The molecule has 0 N–H and O–H groups in total. The maximum absolute atomic E-state index is 6.11. The Hall–Kier alpha value is -0.0400. The van der Waals surface area contributed by atoms with Gasteiger partial charge in [-0.2, -0.15) is 0 Å². The zero-order valence-electron chi connectivity index (χ0n) is 14.4. The second-order valence-corrected chi connectivity index (χ2v) is 9.33. The standard InChI is InChI=1S/C20H34O/c1-19-10-6-8-15(19)18-16(9-12-19)20(2)11-5-4-7-14(20)13-17(18)21-3/h14-18H,4-13H2,1-3H3/t14-,15+,16+,17+,18+,19+,20+/m1/s1. The number of ether oxygens (including phenoxy) is 1. The minimum atomic E-state index is 0.564. The van der Waals surface area contributed by atoms with Crippen LogP contribution in [0, 0.1) is 34.5 Å². The first-order valence-electron chi connectivity index (χ1n) is 9.61. The molecule has 1 heteroatoms. The Bertz CT molecular complexity index is 405. The number of fused-ring (bicyclic) bond motifs is 5. The first kappa shape index (κ1) is 14.5. The number of rotatable bonds is 1. The van der Waals surface area contributed by atoms with Crippen LogP contribution in [0.2, 0.25) is 0 Å². The summed E-state index contributed by atoms with van der Waals surface area (Å²) < 4.78 is 6.11. The molecule has 4 saturated carbocycles. The lowest BCUT2D eigenvalue weighted by Crippen LogP contribution is -2.57. The van der Waals surface area contributed by atoms with E-state index < -0.39 is 0 Å². The molecule has 0 unspecified atom stereocenters. The van der Waals surface area contributed by atoms with Crippen LogP contribution in [0.5, 0.6) is 0 Å². The van der Waals surface area contributed by atoms with Gasteiger partial charge in [-0.05, 0) is 79.4 Å². The summed E-state index contributed by atoms with van der Waals surface area (Å²) >= 11 is 0. The van der Waals surface area contributed by atoms with Crippen molar-refractivity contribution in [1.29, 1.82) is 0 Å². The van der Waals surface area contributed by atoms with Crippen LogP contribution in [0.1, 0.15) is 78.1 Å². The van der Waals surface area contributed by atoms with Gasteiger partial charge in [0.2, 0.25) is 0 Å². The predicted molar refractivity (Wildman–Crippen MR) is 87.1 cm³/mol. The van der Waals surface area contributed by atoms with Crippen molar-refractivity contribution < 1.29 is 4.74 Å². The molecule has 0 bridgehead atoms. The van der Waals surface area contributed by atoms with Crippen LogP contribution in [0.25, 0.3) is 0 Å². The molecule has 4 aliphatic rings. The summed E-state index contributed by atoms with van der Waals surface area (Å²) in [4.78, 5) is 0. The summed E-state index contributed by atoms with van der Waals surface area (Å²) in [6.07, 6.45) is 15.3. The number of hydrogen-bond donors (Lipinski definition) is 0. The third-order valence-electron chi connectivity index (χ3n) is 8.66. The molecule has 0 spiro atoms. The van der Waals surface area contributed by atoms with E-state index >= 15 is 0 Å². The second-order valence-electron chi connectivity index (χ2n) is 9.33. The molecule has 0 aliphatic heterocycles. The van der Waals surface area contributed by atoms with E-state index in [1.165, 1.54) is 64.2 Å². The summed E-state index contributed by atoms with van der Waals surface area (Å²) in [6.45, 7) is 5.26. The summed E-state index contributed by atoms with van der Waals surface area (Å²) in [5.41, 5.74) is 1.29. The molecule has 0 aromatic rings. The van der Waals surface area contributed by atoms with Gasteiger partial charge in [0, 0.05) is 7.11 Å². The molecule has 1 nitrogen and oxygen atoms in total. The third-order valence-corrected chi connectivity index (χ3v) is 8.66. The van der Waals surface area contributed by atoms with Crippen LogP contribution in [-0.4, -0.2) is 13.2 Å². The van der Waals surface area contributed by atoms with Crippen LogP contribution in [0.15, 0.2) is 0 Å². The van der Waals surface area contributed by atoms with Gasteiger partial charge in [-0.25, -0.2) is 0 Å². The summed E-state index contributed by atoms with van der Waals surface area (Å²) in [5.74, 6) is 3.73. The van der Waals surface area contributed by atoms with Gasteiger partial charge < -0.3 is 4.74 Å². The van der Waals surface area contributed by atoms with Gasteiger partial charge in [-0.3, -0.25) is 0 Å². The molecule has 0 aromatic heterocycles. The number of hydrogen-bond acceptors (Lipinski definition) is 1. The highest BCUT2D eigenvalue weighted by molar-refractivity contribution is 5.09. The highest BCUT2D eigenvalue weighted by Gasteiger charge is 2.60. The molecule has 0 heterocycles. The zero-order chi connectivity index (χ0) is 14.7. The monoisotopic (exact) mass is 290 g/mol. The summed E-state index contributed by atoms with van der Waals surface area (Å²) in [7, 11) is 1.99. The molecule has 0 amide bonds. The smallest absolute Gasteiger partial charge is 0.0608 e. The average Bonchev–Trinajstić information content (AvgIpc) is 2.87. The fourth-order valence-electron chi connectivity index (χ4n) is 7.47. The second kappa shape index (κ2) is 4.98. The van der Waals surface area contributed by atoms with E-state index in [2.05, 4.69) is 13.8 Å². The molecule has 4 aliphatic carbocycles. The fourth-order valence-corrected chi connectivity index (χ4v) is 7.47. The highest BCUT2D eigenvalue weighted by atomic mass is 16.5. The lowest BCUT2D eigenvalue weighted by Gasteiger charge is -2.62. The Labute approximate surface area is 131 Å². The van der Waals surface area contributed by atoms with Gasteiger partial charge in [0.1, 0.15) is 0 Å². The Morgan fingerprint density at radius 3 is 2.52 bits per heavy atom. The Morgan fingerprint density at radius 1 is 0.857 bits per heavy atom. The summed E-state index contributed by atoms with van der Waals surface area (Å²) in [6, 6.07) is 0. The largest absolute Gasteiger partial charge is 0.381 e. The van der Waals surface area contributed by atoms with Crippen LogP contribution in [0.4, 0.5) is 0 Å².